The van der Waals surface area contributed by atoms with E-state index < -0.39 is 6.04 Å². The predicted octanol–water partition coefficient (Wildman–Crippen LogP) is 1.85. The molecule has 0 aromatic carbocycles. The summed E-state index contributed by atoms with van der Waals surface area (Å²) in [5.74, 6) is 0.404. The SMILES string of the molecule is CCOC(=O)[C@@H](N)CC1CCCCC1. The summed E-state index contributed by atoms with van der Waals surface area (Å²) in [5, 5.41) is 0. The number of carbonyl (C=O) groups is 1. The monoisotopic (exact) mass is 199 g/mol. The first-order valence-corrected chi connectivity index (χ1v) is 5.66. The second kappa shape index (κ2) is 6.02. The van der Waals surface area contributed by atoms with Crippen LogP contribution in [0.25, 0.3) is 0 Å². The number of hydrogen-bond donors (Lipinski definition) is 1. The van der Waals surface area contributed by atoms with Gasteiger partial charge < -0.3 is 10.5 Å². The van der Waals surface area contributed by atoms with Crippen LogP contribution in [0.5, 0.6) is 0 Å². The second-order valence-corrected chi connectivity index (χ2v) is 4.10. The lowest BCUT2D eigenvalue weighted by Gasteiger charge is -2.23. The van der Waals surface area contributed by atoms with Gasteiger partial charge in [-0.15, -0.1) is 0 Å². The maximum atomic E-state index is 11.3. The summed E-state index contributed by atoms with van der Waals surface area (Å²) in [6.45, 7) is 2.24. The Labute approximate surface area is 86.0 Å². The van der Waals surface area contributed by atoms with Crippen molar-refractivity contribution in [3.8, 4) is 0 Å². The number of hydrogen-bond acceptors (Lipinski definition) is 3. The molecule has 1 fully saturated rings. The molecule has 0 aliphatic heterocycles. The molecule has 1 rings (SSSR count). The smallest absolute Gasteiger partial charge is 0.322 e. The number of rotatable bonds is 4. The molecule has 14 heavy (non-hydrogen) atoms. The highest BCUT2D eigenvalue weighted by Gasteiger charge is 2.21. The van der Waals surface area contributed by atoms with E-state index in [9.17, 15) is 4.79 Å². The third-order valence-electron chi connectivity index (χ3n) is 2.90. The minimum atomic E-state index is -0.405. The Morgan fingerprint density at radius 2 is 2.07 bits per heavy atom. The van der Waals surface area contributed by atoms with E-state index in [1.807, 2.05) is 6.92 Å². The molecule has 1 aliphatic rings. The molecular formula is C11H21NO2. The molecule has 2 N–H and O–H groups in total. The fourth-order valence-electron chi connectivity index (χ4n) is 2.13. The molecule has 0 radical (unpaired) electrons. The molecule has 0 spiro atoms. The van der Waals surface area contributed by atoms with Crippen molar-refractivity contribution in [2.24, 2.45) is 11.7 Å². The molecule has 1 atom stereocenters. The van der Waals surface area contributed by atoms with Gasteiger partial charge in [0.25, 0.3) is 0 Å². The average molecular weight is 199 g/mol. The van der Waals surface area contributed by atoms with E-state index in [4.69, 9.17) is 10.5 Å². The van der Waals surface area contributed by atoms with Crippen LogP contribution in [0.4, 0.5) is 0 Å². The molecule has 3 heteroatoms. The molecule has 1 aliphatic carbocycles. The third-order valence-corrected chi connectivity index (χ3v) is 2.90. The van der Waals surface area contributed by atoms with E-state index in [0.29, 0.717) is 12.5 Å². The summed E-state index contributed by atoms with van der Waals surface area (Å²) in [6.07, 6.45) is 7.19. The van der Waals surface area contributed by atoms with Gasteiger partial charge in [-0.2, -0.15) is 0 Å². The molecule has 1 saturated carbocycles. The number of esters is 1. The zero-order valence-electron chi connectivity index (χ0n) is 9.00. The van der Waals surface area contributed by atoms with Crippen molar-refractivity contribution in [2.75, 3.05) is 6.61 Å². The van der Waals surface area contributed by atoms with Gasteiger partial charge in [0, 0.05) is 0 Å². The Bertz CT molecular complexity index is 176. The van der Waals surface area contributed by atoms with Crippen LogP contribution in [0.2, 0.25) is 0 Å². The lowest BCUT2D eigenvalue weighted by atomic mass is 9.85. The molecule has 0 aromatic rings. The molecule has 3 nitrogen and oxygen atoms in total. The van der Waals surface area contributed by atoms with E-state index in [1.54, 1.807) is 0 Å². The molecule has 0 aromatic heterocycles. The highest BCUT2D eigenvalue weighted by Crippen LogP contribution is 2.27. The highest BCUT2D eigenvalue weighted by molar-refractivity contribution is 5.75. The number of carbonyl (C=O) groups excluding carboxylic acids is 1. The summed E-state index contributed by atoms with van der Waals surface area (Å²) in [6, 6.07) is -0.405. The van der Waals surface area contributed by atoms with Crippen LogP contribution in [-0.2, 0) is 9.53 Å². The molecule has 0 saturated heterocycles. The molecule has 0 bridgehead atoms. The molecule has 0 amide bonds. The van der Waals surface area contributed by atoms with Crippen LogP contribution >= 0.6 is 0 Å². The maximum Gasteiger partial charge on any atom is 0.322 e. The van der Waals surface area contributed by atoms with Crippen LogP contribution in [-0.4, -0.2) is 18.6 Å². The van der Waals surface area contributed by atoms with Gasteiger partial charge in [0.15, 0.2) is 0 Å². The molecule has 0 unspecified atom stereocenters. The van der Waals surface area contributed by atoms with Gasteiger partial charge in [0.2, 0.25) is 0 Å². The largest absolute Gasteiger partial charge is 0.465 e. The van der Waals surface area contributed by atoms with Gasteiger partial charge in [0.05, 0.1) is 6.61 Å². The van der Waals surface area contributed by atoms with Crippen LogP contribution in [0.1, 0.15) is 45.4 Å². The van der Waals surface area contributed by atoms with Crippen LogP contribution in [0.3, 0.4) is 0 Å². The lowest BCUT2D eigenvalue weighted by Crippen LogP contribution is -2.34. The highest BCUT2D eigenvalue weighted by atomic mass is 16.5. The van der Waals surface area contributed by atoms with E-state index in [2.05, 4.69) is 0 Å². The van der Waals surface area contributed by atoms with Crippen molar-refractivity contribution in [1.82, 2.24) is 0 Å². The van der Waals surface area contributed by atoms with Crippen molar-refractivity contribution < 1.29 is 9.53 Å². The van der Waals surface area contributed by atoms with Gasteiger partial charge in [-0.3, -0.25) is 4.79 Å². The van der Waals surface area contributed by atoms with E-state index in [0.717, 1.165) is 6.42 Å². The van der Waals surface area contributed by atoms with Gasteiger partial charge in [-0.1, -0.05) is 32.1 Å². The number of ether oxygens (including phenoxy) is 1. The van der Waals surface area contributed by atoms with Crippen molar-refractivity contribution >= 4 is 5.97 Å². The minimum absolute atomic E-state index is 0.238. The van der Waals surface area contributed by atoms with E-state index in [1.165, 1.54) is 32.1 Å². The minimum Gasteiger partial charge on any atom is -0.465 e. The molecular weight excluding hydrogens is 178 g/mol. The van der Waals surface area contributed by atoms with Crippen LogP contribution in [0.15, 0.2) is 0 Å². The Morgan fingerprint density at radius 3 is 2.64 bits per heavy atom. The first-order chi connectivity index (χ1) is 6.74. The first kappa shape index (κ1) is 11.5. The average Bonchev–Trinajstić information content (AvgIpc) is 2.19. The van der Waals surface area contributed by atoms with E-state index >= 15 is 0 Å². The zero-order chi connectivity index (χ0) is 10.4. The van der Waals surface area contributed by atoms with Crippen molar-refractivity contribution in [3.05, 3.63) is 0 Å². The fourth-order valence-corrected chi connectivity index (χ4v) is 2.13. The van der Waals surface area contributed by atoms with Gasteiger partial charge >= 0.3 is 5.97 Å². The van der Waals surface area contributed by atoms with Crippen molar-refractivity contribution in [2.45, 2.75) is 51.5 Å². The Balaban J connectivity index is 2.24. The van der Waals surface area contributed by atoms with E-state index in [-0.39, 0.29) is 5.97 Å². The van der Waals surface area contributed by atoms with Crippen molar-refractivity contribution in [3.63, 3.8) is 0 Å². The van der Waals surface area contributed by atoms with Crippen molar-refractivity contribution in [1.29, 1.82) is 0 Å². The topological polar surface area (TPSA) is 52.3 Å². The Hall–Kier alpha value is -0.570. The predicted molar refractivity (Wildman–Crippen MR) is 55.8 cm³/mol. The van der Waals surface area contributed by atoms with Gasteiger partial charge in [0.1, 0.15) is 6.04 Å². The summed E-state index contributed by atoms with van der Waals surface area (Å²) < 4.78 is 4.88. The summed E-state index contributed by atoms with van der Waals surface area (Å²) in [5.41, 5.74) is 5.76. The van der Waals surface area contributed by atoms with Gasteiger partial charge in [-0.25, -0.2) is 0 Å². The standard InChI is InChI=1S/C11H21NO2/c1-2-14-11(13)10(12)8-9-6-4-3-5-7-9/h9-10H,2-8,12H2,1H3/t10-/m0/s1. The Morgan fingerprint density at radius 1 is 1.43 bits per heavy atom. The fraction of sp³-hybridized carbons (Fsp3) is 0.909. The van der Waals surface area contributed by atoms with Gasteiger partial charge in [-0.05, 0) is 19.3 Å². The van der Waals surface area contributed by atoms with Crippen LogP contribution < -0.4 is 5.73 Å². The van der Waals surface area contributed by atoms with Crippen LogP contribution in [0, 0.1) is 5.92 Å². The maximum absolute atomic E-state index is 11.3. The quantitative estimate of drug-likeness (QED) is 0.703. The summed E-state index contributed by atoms with van der Waals surface area (Å²) in [4.78, 5) is 11.3. The lowest BCUT2D eigenvalue weighted by molar-refractivity contribution is -0.145. The Kier molecular flexibility index (Phi) is 4.94. The normalized spacial score (nSPS) is 20.4. The first-order valence-electron chi connectivity index (χ1n) is 5.66. The third kappa shape index (κ3) is 3.66. The zero-order valence-corrected chi connectivity index (χ0v) is 9.00. The molecule has 82 valence electrons. The number of nitrogens with two attached hydrogens (primary N) is 1. The summed E-state index contributed by atoms with van der Waals surface area (Å²) in [7, 11) is 0. The molecule has 0 heterocycles. The summed E-state index contributed by atoms with van der Waals surface area (Å²) >= 11 is 0. The second-order valence-electron chi connectivity index (χ2n) is 4.10.